The van der Waals surface area contributed by atoms with Gasteiger partial charge in [0.05, 0.1) is 22.7 Å². The van der Waals surface area contributed by atoms with Crippen molar-refractivity contribution in [1.29, 1.82) is 0 Å². The highest BCUT2D eigenvalue weighted by Crippen LogP contribution is 2.65. The van der Waals surface area contributed by atoms with Crippen molar-refractivity contribution in [1.82, 2.24) is 0 Å². The van der Waals surface area contributed by atoms with Crippen molar-refractivity contribution < 1.29 is 24.2 Å². The molecule has 5 atom stereocenters. The highest BCUT2D eigenvalue weighted by Gasteiger charge is 2.72. The molecule has 2 fully saturated rings. The van der Waals surface area contributed by atoms with Gasteiger partial charge in [-0.2, -0.15) is 0 Å². The van der Waals surface area contributed by atoms with Gasteiger partial charge in [0.2, 0.25) is 0 Å². The molecule has 0 aromatic carbocycles. The lowest BCUT2D eigenvalue weighted by molar-refractivity contribution is -0.283. The van der Waals surface area contributed by atoms with Gasteiger partial charge in [0.1, 0.15) is 22.9 Å². The van der Waals surface area contributed by atoms with E-state index < -0.39 is 33.8 Å². The number of ketones is 1. The second kappa shape index (κ2) is 5.48. The fourth-order valence-electron chi connectivity index (χ4n) is 6.20. The van der Waals surface area contributed by atoms with Gasteiger partial charge in [0.25, 0.3) is 0 Å². The molecule has 6 heteroatoms. The van der Waals surface area contributed by atoms with E-state index in [4.69, 9.17) is 9.15 Å². The van der Waals surface area contributed by atoms with Crippen LogP contribution < -0.4 is 10.4 Å². The molecule has 0 radical (unpaired) electrons. The molecule has 0 saturated heterocycles. The molecule has 1 aliphatic heterocycles. The standard InChI is InChI=1S/C22H30O6/c1-11-12(2)27-18(25)13-9-14-20(5)8-7-15(23)19(3,4)22(20,26)10-16(24)21(14,6)28-17(11)13/h14,16,24,26H,7-10H2,1-6H3/t14-,16-,20-,21+,22-/m1/s1. The summed E-state index contributed by atoms with van der Waals surface area (Å²) in [5.41, 5.74) is -3.25. The number of hydrogen-bond acceptors (Lipinski definition) is 6. The van der Waals surface area contributed by atoms with Crippen LogP contribution >= 0.6 is 0 Å². The summed E-state index contributed by atoms with van der Waals surface area (Å²) in [6, 6.07) is 0. The van der Waals surface area contributed by atoms with E-state index >= 15 is 0 Å². The Morgan fingerprint density at radius 1 is 1.11 bits per heavy atom. The summed E-state index contributed by atoms with van der Waals surface area (Å²) < 4.78 is 11.8. The van der Waals surface area contributed by atoms with Crippen molar-refractivity contribution in [2.75, 3.05) is 0 Å². The lowest BCUT2D eigenvalue weighted by Crippen LogP contribution is -2.76. The van der Waals surface area contributed by atoms with E-state index in [0.717, 1.165) is 5.56 Å². The number of hydrogen-bond donors (Lipinski definition) is 2. The summed E-state index contributed by atoms with van der Waals surface area (Å²) in [6.07, 6.45) is 0.288. The molecule has 4 rings (SSSR count). The SMILES string of the molecule is Cc1oc(=O)c2c(c1C)O[C@]1(C)[C@H](O)C[C@@]3(O)C(C)(C)C(=O)CC[C@]3(C)[C@H]1C2. The molecule has 2 N–H and O–H groups in total. The average molecular weight is 390 g/mol. The van der Waals surface area contributed by atoms with Crippen LogP contribution in [0.5, 0.6) is 5.75 Å². The Morgan fingerprint density at radius 2 is 1.75 bits per heavy atom. The first-order valence-electron chi connectivity index (χ1n) is 10.1. The van der Waals surface area contributed by atoms with Crippen LogP contribution in [0.1, 0.15) is 63.8 Å². The smallest absolute Gasteiger partial charge is 0.342 e. The van der Waals surface area contributed by atoms with Crippen LogP contribution in [-0.4, -0.2) is 33.3 Å². The number of Topliss-reactive ketones (excluding diaryl/α,β-unsaturated/α-hetero) is 1. The largest absolute Gasteiger partial charge is 0.484 e. The summed E-state index contributed by atoms with van der Waals surface area (Å²) >= 11 is 0. The summed E-state index contributed by atoms with van der Waals surface area (Å²) in [4.78, 5) is 25.3. The van der Waals surface area contributed by atoms with Gasteiger partial charge in [-0.1, -0.05) is 20.8 Å². The van der Waals surface area contributed by atoms with Gasteiger partial charge in [-0.25, -0.2) is 4.79 Å². The van der Waals surface area contributed by atoms with Crippen LogP contribution in [0.3, 0.4) is 0 Å². The van der Waals surface area contributed by atoms with Crippen molar-refractivity contribution in [2.45, 2.75) is 84.5 Å². The van der Waals surface area contributed by atoms with E-state index in [1.807, 2.05) is 20.8 Å². The predicted octanol–water partition coefficient (Wildman–Crippen LogP) is 2.46. The number of aliphatic hydroxyl groups is 2. The third-order valence-corrected chi connectivity index (χ3v) is 8.52. The molecule has 1 aromatic heterocycles. The van der Waals surface area contributed by atoms with Crippen LogP contribution in [0, 0.1) is 30.6 Å². The molecule has 0 spiro atoms. The van der Waals surface area contributed by atoms with Crippen molar-refractivity contribution >= 4 is 5.78 Å². The Bertz CT molecular complexity index is 930. The highest BCUT2D eigenvalue weighted by molar-refractivity contribution is 5.87. The van der Waals surface area contributed by atoms with Crippen molar-refractivity contribution in [3.05, 3.63) is 27.3 Å². The zero-order chi connectivity index (χ0) is 20.9. The van der Waals surface area contributed by atoms with E-state index in [-0.39, 0.29) is 18.1 Å². The predicted molar refractivity (Wildman–Crippen MR) is 102 cm³/mol. The Hall–Kier alpha value is -1.66. The monoisotopic (exact) mass is 390 g/mol. The molecule has 2 heterocycles. The van der Waals surface area contributed by atoms with Crippen LogP contribution in [-0.2, 0) is 11.2 Å². The molecule has 6 nitrogen and oxygen atoms in total. The van der Waals surface area contributed by atoms with Gasteiger partial charge in [0.15, 0.2) is 0 Å². The third-order valence-electron chi connectivity index (χ3n) is 8.52. The Labute approximate surface area is 164 Å². The van der Waals surface area contributed by atoms with E-state index in [2.05, 4.69) is 0 Å². The molecule has 2 aliphatic carbocycles. The Morgan fingerprint density at radius 3 is 2.39 bits per heavy atom. The third kappa shape index (κ3) is 2.05. The van der Waals surface area contributed by atoms with Crippen LogP contribution in [0.4, 0.5) is 0 Å². The van der Waals surface area contributed by atoms with Crippen molar-refractivity contribution in [2.24, 2.45) is 16.7 Å². The molecule has 28 heavy (non-hydrogen) atoms. The maximum absolute atomic E-state index is 12.7. The van der Waals surface area contributed by atoms with Gasteiger partial charge in [-0.15, -0.1) is 0 Å². The zero-order valence-electron chi connectivity index (χ0n) is 17.5. The highest BCUT2D eigenvalue weighted by atomic mass is 16.5. The molecule has 2 saturated carbocycles. The Kier molecular flexibility index (Phi) is 3.85. The van der Waals surface area contributed by atoms with Gasteiger partial charge >= 0.3 is 5.63 Å². The lowest BCUT2D eigenvalue weighted by Gasteiger charge is -2.67. The average Bonchev–Trinajstić information content (AvgIpc) is 2.61. The number of fused-ring (bicyclic) bond motifs is 4. The maximum atomic E-state index is 12.7. The van der Waals surface area contributed by atoms with Crippen LogP contribution in [0.15, 0.2) is 9.21 Å². The molecule has 0 bridgehead atoms. The molecule has 3 aliphatic rings. The van der Waals surface area contributed by atoms with Gasteiger partial charge in [-0.3, -0.25) is 4.79 Å². The van der Waals surface area contributed by atoms with Crippen LogP contribution in [0.2, 0.25) is 0 Å². The first kappa shape index (κ1) is 19.6. The van der Waals surface area contributed by atoms with Gasteiger partial charge in [-0.05, 0) is 33.6 Å². The molecule has 1 aromatic rings. The molecular formula is C22H30O6. The molecular weight excluding hydrogens is 360 g/mol. The maximum Gasteiger partial charge on any atom is 0.342 e. The first-order chi connectivity index (χ1) is 12.8. The second-order valence-corrected chi connectivity index (χ2v) is 9.97. The van der Waals surface area contributed by atoms with E-state index in [1.54, 1.807) is 20.8 Å². The van der Waals surface area contributed by atoms with Gasteiger partial charge < -0.3 is 19.4 Å². The van der Waals surface area contributed by atoms with Crippen molar-refractivity contribution in [3.63, 3.8) is 0 Å². The fraction of sp³-hybridized carbons (Fsp3) is 0.727. The summed E-state index contributed by atoms with van der Waals surface area (Å²) in [5, 5.41) is 23.0. The first-order valence-corrected chi connectivity index (χ1v) is 10.1. The molecule has 0 amide bonds. The number of ether oxygens (including phenoxy) is 1. The minimum absolute atomic E-state index is 0.00592. The fourth-order valence-corrected chi connectivity index (χ4v) is 6.20. The van der Waals surface area contributed by atoms with E-state index in [0.29, 0.717) is 36.3 Å². The topological polar surface area (TPSA) is 97.0 Å². The van der Waals surface area contributed by atoms with E-state index in [1.165, 1.54) is 0 Å². The number of rotatable bonds is 0. The van der Waals surface area contributed by atoms with Crippen LogP contribution in [0.25, 0.3) is 0 Å². The summed E-state index contributed by atoms with van der Waals surface area (Å²) in [7, 11) is 0. The van der Waals surface area contributed by atoms with Gasteiger partial charge in [0, 0.05) is 29.7 Å². The molecule has 154 valence electrons. The minimum Gasteiger partial charge on any atom is -0.484 e. The second-order valence-electron chi connectivity index (χ2n) is 9.97. The summed E-state index contributed by atoms with van der Waals surface area (Å²) in [6.45, 7) is 10.9. The molecule has 0 unspecified atom stereocenters. The lowest BCUT2D eigenvalue weighted by atomic mass is 9.41. The van der Waals surface area contributed by atoms with E-state index in [9.17, 15) is 19.8 Å². The number of carbonyl (C=O) groups excluding carboxylic acids is 1. The Balaban J connectivity index is 1.93. The number of aryl methyl sites for hydroxylation is 1. The normalized spacial score (nSPS) is 41.5. The summed E-state index contributed by atoms with van der Waals surface area (Å²) in [5.74, 6) is 0.667. The zero-order valence-corrected chi connectivity index (χ0v) is 17.5. The quantitative estimate of drug-likeness (QED) is 0.706. The van der Waals surface area contributed by atoms with Crippen molar-refractivity contribution in [3.8, 4) is 5.75 Å². The minimum atomic E-state index is -1.39. The number of aliphatic hydroxyl groups excluding tert-OH is 1. The number of carbonyl (C=O) groups is 1.